The lowest BCUT2D eigenvalue weighted by Crippen LogP contribution is -2.27. The molecular weight excluding hydrogens is 260 g/mol. The van der Waals surface area contributed by atoms with Crippen molar-refractivity contribution in [3.8, 4) is 0 Å². The van der Waals surface area contributed by atoms with Gasteiger partial charge < -0.3 is 15.9 Å². The van der Waals surface area contributed by atoms with Gasteiger partial charge in [-0.15, -0.1) is 0 Å². The molecule has 0 aliphatic carbocycles. The molecule has 0 bridgehead atoms. The van der Waals surface area contributed by atoms with Crippen molar-refractivity contribution in [3.63, 3.8) is 0 Å². The van der Waals surface area contributed by atoms with Crippen LogP contribution in [0.15, 0.2) is 12.1 Å². The molecule has 2 atom stereocenters. The van der Waals surface area contributed by atoms with Gasteiger partial charge in [0.05, 0.1) is 16.1 Å². The number of hydrogen-bond donors (Lipinski definition) is 3. The number of nitrogens with two attached hydrogens (primary N) is 1. The summed E-state index contributed by atoms with van der Waals surface area (Å²) in [5, 5.41) is 19.7. The fourth-order valence-corrected chi connectivity index (χ4v) is 1.89. The van der Waals surface area contributed by atoms with Crippen LogP contribution in [0.1, 0.15) is 11.7 Å². The molecule has 0 aliphatic heterocycles. The largest absolute Gasteiger partial charge is 0.389 e. The molecule has 4 N–H and O–H groups in total. The number of hydrogen-bond acceptors (Lipinski definition) is 3. The molecule has 0 aliphatic rings. The minimum atomic E-state index is -1.24. The van der Waals surface area contributed by atoms with Crippen molar-refractivity contribution in [2.24, 2.45) is 5.73 Å². The average molecular weight is 271 g/mol. The highest BCUT2D eigenvalue weighted by molar-refractivity contribution is 6.44. The van der Waals surface area contributed by atoms with Gasteiger partial charge in [-0.1, -0.05) is 34.8 Å². The Morgan fingerprint density at radius 2 is 1.67 bits per heavy atom. The van der Waals surface area contributed by atoms with E-state index in [9.17, 15) is 10.2 Å². The van der Waals surface area contributed by atoms with Gasteiger partial charge in [-0.05, 0) is 12.1 Å². The Bertz CT molecular complexity index is 359. The van der Waals surface area contributed by atoms with Crippen molar-refractivity contribution in [1.82, 2.24) is 0 Å². The van der Waals surface area contributed by atoms with Crippen molar-refractivity contribution in [2.75, 3.05) is 6.54 Å². The summed E-state index contributed by atoms with van der Waals surface area (Å²) in [5.41, 5.74) is 5.42. The maximum absolute atomic E-state index is 9.72. The van der Waals surface area contributed by atoms with E-state index >= 15 is 0 Å². The zero-order valence-electron chi connectivity index (χ0n) is 7.62. The van der Waals surface area contributed by atoms with Crippen LogP contribution >= 0.6 is 34.8 Å². The van der Waals surface area contributed by atoms with E-state index in [1.54, 1.807) is 0 Å². The van der Waals surface area contributed by atoms with Gasteiger partial charge in [0.25, 0.3) is 0 Å². The van der Waals surface area contributed by atoms with Crippen molar-refractivity contribution in [2.45, 2.75) is 12.2 Å². The van der Waals surface area contributed by atoms with E-state index in [0.29, 0.717) is 0 Å². The van der Waals surface area contributed by atoms with Crippen LogP contribution in [0.5, 0.6) is 0 Å². The van der Waals surface area contributed by atoms with Crippen molar-refractivity contribution in [1.29, 1.82) is 0 Å². The van der Waals surface area contributed by atoms with Crippen LogP contribution in [0, 0.1) is 0 Å². The first-order valence-electron chi connectivity index (χ1n) is 4.18. The van der Waals surface area contributed by atoms with Crippen LogP contribution in [-0.4, -0.2) is 22.9 Å². The standard InChI is InChI=1S/C9H10Cl3NO2/c10-4-1-2-5(11)8(12)7(4)9(15)6(14)3-13/h1-2,6,9,14-15H,3,13H2. The normalized spacial score (nSPS) is 15.1. The molecule has 2 unspecified atom stereocenters. The summed E-state index contributed by atoms with van der Waals surface area (Å²) in [6, 6.07) is 3.01. The lowest BCUT2D eigenvalue weighted by atomic mass is 10.0. The van der Waals surface area contributed by atoms with Crippen LogP contribution in [0.4, 0.5) is 0 Å². The molecule has 1 aromatic rings. The highest BCUT2D eigenvalue weighted by Crippen LogP contribution is 2.36. The van der Waals surface area contributed by atoms with E-state index in [1.807, 2.05) is 0 Å². The van der Waals surface area contributed by atoms with E-state index in [1.165, 1.54) is 12.1 Å². The number of benzene rings is 1. The predicted molar refractivity (Wildman–Crippen MR) is 61.5 cm³/mol. The molecule has 0 saturated carbocycles. The lowest BCUT2D eigenvalue weighted by Gasteiger charge is -2.19. The summed E-state index contributed by atoms with van der Waals surface area (Å²) in [5.74, 6) is 0. The number of aliphatic hydroxyl groups excluding tert-OH is 2. The van der Waals surface area contributed by atoms with E-state index in [0.717, 1.165) is 0 Å². The van der Waals surface area contributed by atoms with Crippen molar-refractivity contribution in [3.05, 3.63) is 32.8 Å². The second-order valence-electron chi connectivity index (χ2n) is 3.00. The van der Waals surface area contributed by atoms with Gasteiger partial charge in [0, 0.05) is 17.1 Å². The first-order valence-corrected chi connectivity index (χ1v) is 5.32. The highest BCUT2D eigenvalue weighted by atomic mass is 35.5. The Morgan fingerprint density at radius 1 is 1.13 bits per heavy atom. The molecule has 1 rings (SSSR count). The predicted octanol–water partition coefficient (Wildman–Crippen LogP) is 2.00. The van der Waals surface area contributed by atoms with Gasteiger partial charge in [-0.25, -0.2) is 0 Å². The number of rotatable bonds is 3. The Hall–Kier alpha value is -0.0300. The Kier molecular flexibility index (Phi) is 4.64. The van der Waals surface area contributed by atoms with Gasteiger partial charge in [-0.3, -0.25) is 0 Å². The summed E-state index contributed by atoms with van der Waals surface area (Å²) >= 11 is 17.5. The fraction of sp³-hybridized carbons (Fsp3) is 0.333. The molecule has 1 aromatic carbocycles. The van der Waals surface area contributed by atoms with Gasteiger partial charge in [0.15, 0.2) is 0 Å². The molecule has 6 heteroatoms. The molecule has 15 heavy (non-hydrogen) atoms. The fourth-order valence-electron chi connectivity index (χ4n) is 1.14. The molecule has 0 amide bonds. The minimum Gasteiger partial charge on any atom is -0.389 e. The second-order valence-corrected chi connectivity index (χ2v) is 4.20. The van der Waals surface area contributed by atoms with Gasteiger partial charge in [0.1, 0.15) is 6.10 Å². The maximum Gasteiger partial charge on any atom is 0.109 e. The monoisotopic (exact) mass is 269 g/mol. The molecule has 0 spiro atoms. The van der Waals surface area contributed by atoms with Crippen LogP contribution in [-0.2, 0) is 0 Å². The molecule has 0 heterocycles. The molecule has 3 nitrogen and oxygen atoms in total. The van der Waals surface area contributed by atoms with Gasteiger partial charge in [0.2, 0.25) is 0 Å². The second kappa shape index (κ2) is 5.34. The third-order valence-corrected chi connectivity index (χ3v) is 3.13. The molecule has 84 valence electrons. The topological polar surface area (TPSA) is 66.5 Å². The van der Waals surface area contributed by atoms with Crippen LogP contribution in [0.3, 0.4) is 0 Å². The summed E-state index contributed by atoms with van der Waals surface area (Å²) in [6.07, 6.45) is -2.37. The zero-order chi connectivity index (χ0) is 11.6. The van der Waals surface area contributed by atoms with Gasteiger partial charge >= 0.3 is 0 Å². The summed E-state index contributed by atoms with van der Waals surface area (Å²) in [6.45, 7) is -0.0969. The number of halogens is 3. The Morgan fingerprint density at radius 3 is 2.20 bits per heavy atom. The lowest BCUT2D eigenvalue weighted by molar-refractivity contribution is 0.0244. The molecule has 0 fully saturated rings. The minimum absolute atomic E-state index is 0.0969. The SMILES string of the molecule is NCC(O)C(O)c1c(Cl)ccc(Cl)c1Cl. The number of aliphatic hydroxyl groups is 2. The average Bonchev–Trinajstić information content (AvgIpc) is 2.22. The summed E-state index contributed by atoms with van der Waals surface area (Å²) < 4.78 is 0. The first kappa shape index (κ1) is 13.0. The van der Waals surface area contributed by atoms with Crippen LogP contribution in [0.2, 0.25) is 15.1 Å². The zero-order valence-corrected chi connectivity index (χ0v) is 9.89. The molecule has 0 saturated heterocycles. The van der Waals surface area contributed by atoms with Crippen molar-refractivity contribution >= 4 is 34.8 Å². The van der Waals surface area contributed by atoms with E-state index in [4.69, 9.17) is 40.5 Å². The third kappa shape index (κ3) is 2.75. The molecule has 0 aromatic heterocycles. The van der Waals surface area contributed by atoms with E-state index in [2.05, 4.69) is 0 Å². The van der Waals surface area contributed by atoms with Gasteiger partial charge in [-0.2, -0.15) is 0 Å². The summed E-state index contributed by atoms with van der Waals surface area (Å²) in [4.78, 5) is 0. The quantitative estimate of drug-likeness (QED) is 0.736. The first-order chi connectivity index (χ1) is 6.99. The molecular formula is C9H10Cl3NO2. The smallest absolute Gasteiger partial charge is 0.109 e. The highest BCUT2D eigenvalue weighted by Gasteiger charge is 2.23. The van der Waals surface area contributed by atoms with E-state index < -0.39 is 12.2 Å². The van der Waals surface area contributed by atoms with E-state index in [-0.39, 0.29) is 27.2 Å². The Labute approximate surface area is 102 Å². The van der Waals surface area contributed by atoms with Crippen LogP contribution < -0.4 is 5.73 Å². The maximum atomic E-state index is 9.72. The van der Waals surface area contributed by atoms with Crippen LogP contribution in [0.25, 0.3) is 0 Å². The summed E-state index contributed by atoms with van der Waals surface area (Å²) in [7, 11) is 0. The Balaban J connectivity index is 3.18. The van der Waals surface area contributed by atoms with Crippen molar-refractivity contribution < 1.29 is 10.2 Å². The molecule has 0 radical (unpaired) electrons. The third-order valence-electron chi connectivity index (χ3n) is 1.98.